The SMILES string of the molecule is CC(C)CC[C@@H](c1cc(F)ccc1O)N1CCNCC1.Cl.Cl. The minimum Gasteiger partial charge on any atom is -0.508 e. The van der Waals surface area contributed by atoms with Crippen LogP contribution in [-0.4, -0.2) is 36.2 Å². The van der Waals surface area contributed by atoms with E-state index in [0.29, 0.717) is 5.92 Å². The van der Waals surface area contributed by atoms with Gasteiger partial charge in [0.1, 0.15) is 11.6 Å². The van der Waals surface area contributed by atoms with Gasteiger partial charge in [0, 0.05) is 37.8 Å². The molecule has 1 heterocycles. The van der Waals surface area contributed by atoms with Crippen LogP contribution in [0.2, 0.25) is 0 Å². The van der Waals surface area contributed by atoms with Crippen LogP contribution in [0.5, 0.6) is 5.75 Å². The van der Waals surface area contributed by atoms with Crippen LogP contribution < -0.4 is 5.32 Å². The summed E-state index contributed by atoms with van der Waals surface area (Å²) in [4.78, 5) is 2.35. The van der Waals surface area contributed by atoms with Gasteiger partial charge in [-0.2, -0.15) is 0 Å². The summed E-state index contributed by atoms with van der Waals surface area (Å²) in [5.41, 5.74) is 0.729. The Kier molecular flexibility index (Phi) is 10.0. The molecule has 1 aliphatic rings. The molecule has 0 unspecified atom stereocenters. The van der Waals surface area contributed by atoms with Gasteiger partial charge in [0.25, 0.3) is 0 Å². The molecule has 2 N–H and O–H groups in total. The molecule has 128 valence electrons. The molecule has 1 atom stereocenters. The minimum absolute atomic E-state index is 0. The first kappa shape index (κ1) is 21.4. The molecule has 0 aromatic heterocycles. The third kappa shape index (κ3) is 5.92. The Morgan fingerprint density at radius 2 is 1.82 bits per heavy atom. The van der Waals surface area contributed by atoms with Gasteiger partial charge in [-0.15, -0.1) is 24.8 Å². The first-order chi connectivity index (χ1) is 9.58. The second-order valence-electron chi connectivity index (χ2n) is 5.98. The van der Waals surface area contributed by atoms with E-state index < -0.39 is 0 Å². The molecular weight excluding hydrogens is 326 g/mol. The number of hydrogen-bond donors (Lipinski definition) is 2. The lowest BCUT2D eigenvalue weighted by Gasteiger charge is -2.36. The van der Waals surface area contributed by atoms with Crippen molar-refractivity contribution in [1.82, 2.24) is 10.2 Å². The number of hydrogen-bond acceptors (Lipinski definition) is 3. The molecule has 0 radical (unpaired) electrons. The Morgan fingerprint density at radius 1 is 1.18 bits per heavy atom. The maximum Gasteiger partial charge on any atom is 0.123 e. The number of benzene rings is 1. The first-order valence-electron chi connectivity index (χ1n) is 7.51. The summed E-state index contributed by atoms with van der Waals surface area (Å²) in [5.74, 6) is 0.539. The monoisotopic (exact) mass is 352 g/mol. The van der Waals surface area contributed by atoms with Crippen LogP contribution in [0.4, 0.5) is 4.39 Å². The summed E-state index contributed by atoms with van der Waals surface area (Å²) in [5, 5.41) is 13.4. The van der Waals surface area contributed by atoms with E-state index in [1.54, 1.807) is 0 Å². The normalized spacial score (nSPS) is 16.7. The second-order valence-corrected chi connectivity index (χ2v) is 5.98. The molecule has 22 heavy (non-hydrogen) atoms. The Morgan fingerprint density at radius 3 is 2.41 bits per heavy atom. The zero-order valence-electron chi connectivity index (χ0n) is 13.2. The summed E-state index contributed by atoms with van der Waals surface area (Å²) in [6.45, 7) is 8.18. The zero-order chi connectivity index (χ0) is 14.5. The second kappa shape index (κ2) is 10.3. The largest absolute Gasteiger partial charge is 0.508 e. The molecule has 1 aliphatic heterocycles. The van der Waals surface area contributed by atoms with Crippen molar-refractivity contribution < 1.29 is 9.50 Å². The molecular formula is C16H27Cl2FN2O. The molecule has 1 fully saturated rings. The number of phenols is 1. The lowest BCUT2D eigenvalue weighted by atomic mass is 9.95. The van der Waals surface area contributed by atoms with Crippen LogP contribution in [0.15, 0.2) is 18.2 Å². The molecule has 0 amide bonds. The van der Waals surface area contributed by atoms with E-state index in [0.717, 1.165) is 44.6 Å². The lowest BCUT2D eigenvalue weighted by molar-refractivity contribution is 0.157. The highest BCUT2D eigenvalue weighted by atomic mass is 35.5. The molecule has 1 saturated heterocycles. The van der Waals surface area contributed by atoms with Gasteiger partial charge in [-0.3, -0.25) is 4.90 Å². The topological polar surface area (TPSA) is 35.5 Å². The fraction of sp³-hybridized carbons (Fsp3) is 0.625. The van der Waals surface area contributed by atoms with Crippen molar-refractivity contribution in [2.75, 3.05) is 26.2 Å². The Hall–Kier alpha value is -0.550. The summed E-state index contributed by atoms with van der Waals surface area (Å²) < 4.78 is 13.5. The van der Waals surface area contributed by atoms with Gasteiger partial charge in [0.05, 0.1) is 0 Å². The zero-order valence-corrected chi connectivity index (χ0v) is 14.9. The molecule has 0 saturated carbocycles. The van der Waals surface area contributed by atoms with Crippen LogP contribution in [0, 0.1) is 11.7 Å². The van der Waals surface area contributed by atoms with Gasteiger partial charge in [-0.1, -0.05) is 13.8 Å². The molecule has 0 aliphatic carbocycles. The van der Waals surface area contributed by atoms with E-state index in [9.17, 15) is 9.50 Å². The number of nitrogens with one attached hydrogen (secondary N) is 1. The number of halogens is 3. The number of aromatic hydroxyl groups is 1. The Balaban J connectivity index is 0.00000220. The molecule has 0 bridgehead atoms. The van der Waals surface area contributed by atoms with Crippen molar-refractivity contribution >= 4 is 24.8 Å². The molecule has 3 nitrogen and oxygen atoms in total. The van der Waals surface area contributed by atoms with Gasteiger partial charge >= 0.3 is 0 Å². The summed E-state index contributed by atoms with van der Waals surface area (Å²) in [6.07, 6.45) is 2.03. The molecule has 0 spiro atoms. The predicted molar refractivity (Wildman–Crippen MR) is 93.8 cm³/mol. The Labute approximate surface area is 145 Å². The van der Waals surface area contributed by atoms with E-state index >= 15 is 0 Å². The van der Waals surface area contributed by atoms with E-state index in [-0.39, 0.29) is 42.4 Å². The van der Waals surface area contributed by atoms with E-state index in [1.807, 2.05) is 0 Å². The summed E-state index contributed by atoms with van der Waals surface area (Å²) in [7, 11) is 0. The van der Waals surface area contributed by atoms with Crippen molar-refractivity contribution in [3.05, 3.63) is 29.6 Å². The highest BCUT2D eigenvalue weighted by molar-refractivity contribution is 5.85. The average Bonchev–Trinajstić information content (AvgIpc) is 2.43. The molecule has 1 aromatic rings. The van der Waals surface area contributed by atoms with Gasteiger partial charge < -0.3 is 10.4 Å². The number of phenolic OH excluding ortho intramolecular Hbond substituents is 1. The van der Waals surface area contributed by atoms with E-state index in [2.05, 4.69) is 24.1 Å². The predicted octanol–water partition coefficient (Wildman–Crippen LogP) is 3.76. The third-order valence-electron chi connectivity index (χ3n) is 3.96. The van der Waals surface area contributed by atoms with Crippen molar-refractivity contribution in [3.8, 4) is 5.75 Å². The van der Waals surface area contributed by atoms with Gasteiger partial charge in [-0.05, 0) is 37.0 Å². The summed E-state index contributed by atoms with van der Waals surface area (Å²) >= 11 is 0. The van der Waals surface area contributed by atoms with Crippen molar-refractivity contribution in [3.63, 3.8) is 0 Å². The van der Waals surface area contributed by atoms with Crippen molar-refractivity contribution in [1.29, 1.82) is 0 Å². The molecule has 2 rings (SSSR count). The molecule has 1 aromatic carbocycles. The van der Waals surface area contributed by atoms with Crippen molar-refractivity contribution in [2.45, 2.75) is 32.7 Å². The van der Waals surface area contributed by atoms with E-state index in [4.69, 9.17) is 0 Å². The smallest absolute Gasteiger partial charge is 0.123 e. The quantitative estimate of drug-likeness (QED) is 0.846. The number of rotatable bonds is 5. The fourth-order valence-electron chi connectivity index (χ4n) is 2.81. The maximum absolute atomic E-state index is 13.5. The van der Waals surface area contributed by atoms with Crippen molar-refractivity contribution in [2.24, 2.45) is 5.92 Å². The highest BCUT2D eigenvalue weighted by Gasteiger charge is 2.24. The van der Waals surface area contributed by atoms with Gasteiger partial charge in [0.15, 0.2) is 0 Å². The highest BCUT2D eigenvalue weighted by Crippen LogP contribution is 2.33. The van der Waals surface area contributed by atoms with Crippen LogP contribution in [0.25, 0.3) is 0 Å². The Bertz CT molecular complexity index is 440. The fourth-order valence-corrected chi connectivity index (χ4v) is 2.81. The standard InChI is InChI=1S/C16H25FN2O.2ClH/c1-12(2)3-5-15(19-9-7-18-8-10-19)14-11-13(17)4-6-16(14)20;;/h4,6,11-12,15,18,20H,3,5,7-10H2,1-2H3;2*1H/t15-;;/m0../s1. The average molecular weight is 353 g/mol. The van der Waals surface area contributed by atoms with Crippen LogP contribution in [0.1, 0.15) is 38.3 Å². The van der Waals surface area contributed by atoms with Crippen LogP contribution in [0.3, 0.4) is 0 Å². The van der Waals surface area contributed by atoms with Crippen LogP contribution in [-0.2, 0) is 0 Å². The maximum atomic E-state index is 13.5. The number of nitrogens with zero attached hydrogens (tertiary/aromatic N) is 1. The first-order valence-corrected chi connectivity index (χ1v) is 7.51. The number of piperazine rings is 1. The third-order valence-corrected chi connectivity index (χ3v) is 3.96. The molecule has 6 heteroatoms. The lowest BCUT2D eigenvalue weighted by Crippen LogP contribution is -2.45. The van der Waals surface area contributed by atoms with E-state index in [1.165, 1.54) is 18.2 Å². The summed E-state index contributed by atoms with van der Waals surface area (Å²) in [6, 6.07) is 4.38. The van der Waals surface area contributed by atoms with Gasteiger partial charge in [0.2, 0.25) is 0 Å². The minimum atomic E-state index is -0.275. The van der Waals surface area contributed by atoms with Crippen LogP contribution >= 0.6 is 24.8 Å². The van der Waals surface area contributed by atoms with Gasteiger partial charge in [-0.25, -0.2) is 4.39 Å².